The van der Waals surface area contributed by atoms with Crippen molar-refractivity contribution in [2.24, 2.45) is 5.73 Å². The van der Waals surface area contributed by atoms with Crippen molar-refractivity contribution in [2.45, 2.75) is 33.2 Å². The molecule has 3 heteroatoms. The van der Waals surface area contributed by atoms with Crippen LogP contribution in [0.15, 0.2) is 18.2 Å². The lowest BCUT2D eigenvalue weighted by Gasteiger charge is -2.12. The molecule has 0 heterocycles. The third-order valence-corrected chi connectivity index (χ3v) is 3.61. The number of thioether (sulfide) groups is 1. The quantitative estimate of drug-likeness (QED) is 0.755. The van der Waals surface area contributed by atoms with Gasteiger partial charge in [-0.2, -0.15) is 11.8 Å². The number of hydrogen-bond donors (Lipinski definition) is 1. The number of benzene rings is 1. The van der Waals surface area contributed by atoms with Crippen LogP contribution in [0.2, 0.25) is 0 Å². The van der Waals surface area contributed by atoms with Gasteiger partial charge in [0.25, 0.3) is 0 Å². The van der Waals surface area contributed by atoms with E-state index < -0.39 is 0 Å². The first-order valence-electron chi connectivity index (χ1n) is 6.21. The zero-order valence-electron chi connectivity index (χ0n) is 11.0. The third-order valence-electron chi connectivity index (χ3n) is 2.62. The molecule has 17 heavy (non-hydrogen) atoms. The lowest BCUT2D eigenvalue weighted by Crippen LogP contribution is -2.06. The largest absolute Gasteiger partial charge is 0.493 e. The van der Waals surface area contributed by atoms with E-state index in [0.717, 1.165) is 24.3 Å². The molecule has 96 valence electrons. The van der Waals surface area contributed by atoms with Gasteiger partial charge in [0.05, 0.1) is 6.61 Å². The highest BCUT2D eigenvalue weighted by atomic mass is 32.2. The van der Waals surface area contributed by atoms with E-state index in [0.29, 0.717) is 0 Å². The summed E-state index contributed by atoms with van der Waals surface area (Å²) in [7, 11) is 0. The minimum absolute atomic E-state index is 0.0868. The fraction of sp³-hybridized carbons (Fsp3) is 0.571. The summed E-state index contributed by atoms with van der Waals surface area (Å²) in [6.07, 6.45) is 1.10. The molecule has 0 amide bonds. The summed E-state index contributed by atoms with van der Waals surface area (Å²) < 4.78 is 5.76. The smallest absolute Gasteiger partial charge is 0.122 e. The average molecular weight is 253 g/mol. The summed E-state index contributed by atoms with van der Waals surface area (Å²) in [5, 5.41) is 0. The first-order chi connectivity index (χ1) is 8.15. The van der Waals surface area contributed by atoms with Crippen LogP contribution in [0.1, 0.15) is 37.4 Å². The van der Waals surface area contributed by atoms with Gasteiger partial charge in [-0.3, -0.25) is 0 Å². The Morgan fingerprint density at radius 1 is 1.41 bits per heavy atom. The number of hydrogen-bond acceptors (Lipinski definition) is 3. The van der Waals surface area contributed by atoms with Gasteiger partial charge in [0, 0.05) is 6.04 Å². The molecule has 0 bridgehead atoms. The molecule has 1 atom stereocenters. The fourth-order valence-corrected chi connectivity index (χ4v) is 2.22. The molecule has 0 fully saturated rings. The Labute approximate surface area is 109 Å². The summed E-state index contributed by atoms with van der Waals surface area (Å²) in [6, 6.07) is 6.28. The molecule has 1 aromatic carbocycles. The first kappa shape index (κ1) is 14.4. The number of rotatable bonds is 7. The number of ether oxygens (including phenoxy) is 1. The minimum atomic E-state index is 0.0868. The molecule has 0 aliphatic rings. The third kappa shape index (κ3) is 5.00. The SMILES string of the molecule is CCSCCCOc1ccc(C(C)N)cc1C. The Kier molecular flexibility index (Phi) is 6.45. The van der Waals surface area contributed by atoms with Crippen molar-refractivity contribution in [3.05, 3.63) is 29.3 Å². The Morgan fingerprint density at radius 3 is 2.76 bits per heavy atom. The molecule has 0 saturated carbocycles. The van der Waals surface area contributed by atoms with E-state index in [1.165, 1.54) is 17.1 Å². The molecule has 1 rings (SSSR count). The highest BCUT2D eigenvalue weighted by Gasteiger charge is 2.04. The van der Waals surface area contributed by atoms with Gasteiger partial charge >= 0.3 is 0 Å². The topological polar surface area (TPSA) is 35.2 Å². The molecule has 2 nitrogen and oxygen atoms in total. The average Bonchev–Trinajstić information content (AvgIpc) is 2.30. The summed E-state index contributed by atoms with van der Waals surface area (Å²) in [5.74, 6) is 3.34. The van der Waals surface area contributed by atoms with Gasteiger partial charge in [-0.25, -0.2) is 0 Å². The van der Waals surface area contributed by atoms with Crippen molar-refractivity contribution >= 4 is 11.8 Å². The van der Waals surface area contributed by atoms with E-state index in [1.807, 2.05) is 30.8 Å². The monoisotopic (exact) mass is 253 g/mol. The standard InChI is InChI=1S/C14H23NOS/c1-4-17-9-5-8-16-14-7-6-13(12(3)15)10-11(14)2/h6-7,10,12H,4-5,8-9,15H2,1-3H3. The van der Waals surface area contributed by atoms with Gasteiger partial charge in [-0.15, -0.1) is 0 Å². The van der Waals surface area contributed by atoms with Gasteiger partial charge in [-0.1, -0.05) is 19.1 Å². The van der Waals surface area contributed by atoms with E-state index in [-0.39, 0.29) is 6.04 Å². The molecular formula is C14H23NOS. The molecule has 0 aromatic heterocycles. The van der Waals surface area contributed by atoms with Crippen LogP contribution in [0.5, 0.6) is 5.75 Å². The van der Waals surface area contributed by atoms with Gasteiger partial charge in [0.2, 0.25) is 0 Å². The zero-order chi connectivity index (χ0) is 12.7. The van der Waals surface area contributed by atoms with E-state index in [9.17, 15) is 0 Å². The van der Waals surface area contributed by atoms with Crippen molar-refractivity contribution in [3.8, 4) is 5.75 Å². The first-order valence-corrected chi connectivity index (χ1v) is 7.37. The second kappa shape index (κ2) is 7.62. The van der Waals surface area contributed by atoms with E-state index in [4.69, 9.17) is 10.5 Å². The molecule has 0 spiro atoms. The lowest BCUT2D eigenvalue weighted by molar-refractivity contribution is 0.316. The van der Waals surface area contributed by atoms with Gasteiger partial charge in [-0.05, 0) is 49.0 Å². The molecule has 1 aromatic rings. The molecule has 1 unspecified atom stereocenters. The van der Waals surface area contributed by atoms with Crippen LogP contribution in [0.25, 0.3) is 0 Å². The maximum absolute atomic E-state index is 5.84. The predicted molar refractivity (Wildman–Crippen MR) is 76.9 cm³/mol. The van der Waals surface area contributed by atoms with Gasteiger partial charge in [0.15, 0.2) is 0 Å². The summed E-state index contributed by atoms with van der Waals surface area (Å²) in [5.41, 5.74) is 8.18. The highest BCUT2D eigenvalue weighted by molar-refractivity contribution is 7.99. The van der Waals surface area contributed by atoms with Crippen LogP contribution >= 0.6 is 11.8 Å². The van der Waals surface area contributed by atoms with Crippen LogP contribution in [0.4, 0.5) is 0 Å². The van der Waals surface area contributed by atoms with Crippen LogP contribution in [-0.4, -0.2) is 18.1 Å². The normalized spacial score (nSPS) is 12.5. The number of nitrogens with two attached hydrogens (primary N) is 1. The predicted octanol–water partition coefficient (Wildman–Crippen LogP) is 3.54. The van der Waals surface area contributed by atoms with Crippen molar-refractivity contribution < 1.29 is 4.74 Å². The Bertz CT molecular complexity index is 339. The van der Waals surface area contributed by atoms with Crippen molar-refractivity contribution in [2.75, 3.05) is 18.1 Å². The second-order valence-corrected chi connectivity index (χ2v) is 5.61. The lowest BCUT2D eigenvalue weighted by atomic mass is 10.1. The van der Waals surface area contributed by atoms with Crippen molar-refractivity contribution in [3.63, 3.8) is 0 Å². The minimum Gasteiger partial charge on any atom is -0.493 e. The summed E-state index contributed by atoms with van der Waals surface area (Å²) >= 11 is 1.96. The molecular weight excluding hydrogens is 230 g/mol. The van der Waals surface area contributed by atoms with E-state index in [2.05, 4.69) is 19.9 Å². The van der Waals surface area contributed by atoms with Crippen molar-refractivity contribution in [1.82, 2.24) is 0 Å². The molecule has 2 N–H and O–H groups in total. The van der Waals surface area contributed by atoms with Crippen molar-refractivity contribution in [1.29, 1.82) is 0 Å². The van der Waals surface area contributed by atoms with Crippen LogP contribution in [0.3, 0.4) is 0 Å². The second-order valence-electron chi connectivity index (χ2n) is 4.21. The maximum Gasteiger partial charge on any atom is 0.122 e. The molecule has 0 aliphatic carbocycles. The van der Waals surface area contributed by atoms with Crippen LogP contribution in [-0.2, 0) is 0 Å². The molecule has 0 radical (unpaired) electrons. The maximum atomic E-state index is 5.84. The Morgan fingerprint density at radius 2 is 2.18 bits per heavy atom. The van der Waals surface area contributed by atoms with Gasteiger partial charge < -0.3 is 10.5 Å². The molecule has 0 aliphatic heterocycles. The summed E-state index contributed by atoms with van der Waals surface area (Å²) in [4.78, 5) is 0. The highest BCUT2D eigenvalue weighted by Crippen LogP contribution is 2.22. The van der Waals surface area contributed by atoms with E-state index >= 15 is 0 Å². The molecule has 0 saturated heterocycles. The van der Waals surface area contributed by atoms with Crippen LogP contribution < -0.4 is 10.5 Å². The van der Waals surface area contributed by atoms with Gasteiger partial charge in [0.1, 0.15) is 5.75 Å². The van der Waals surface area contributed by atoms with E-state index in [1.54, 1.807) is 0 Å². The Balaban J connectivity index is 2.43. The fourth-order valence-electron chi connectivity index (χ4n) is 1.61. The zero-order valence-corrected chi connectivity index (χ0v) is 11.8. The Hall–Kier alpha value is -0.670. The van der Waals surface area contributed by atoms with Crippen LogP contribution in [0, 0.1) is 6.92 Å². The summed E-state index contributed by atoms with van der Waals surface area (Å²) in [6.45, 7) is 7.05. The number of aryl methyl sites for hydroxylation is 1.